The number of benzene rings is 2. The van der Waals surface area contributed by atoms with Gasteiger partial charge in [-0.3, -0.25) is 4.79 Å². The highest BCUT2D eigenvalue weighted by Crippen LogP contribution is 2.44. The molecule has 0 bridgehead atoms. The average molecular weight is 420 g/mol. The molecule has 1 spiro atoms. The van der Waals surface area contributed by atoms with Crippen molar-refractivity contribution in [3.05, 3.63) is 70.3 Å². The Kier molecular flexibility index (Phi) is 5.03. The Balaban J connectivity index is 1.59. The predicted octanol–water partition coefficient (Wildman–Crippen LogP) is 5.58. The zero-order chi connectivity index (χ0) is 22.6. The number of amides is 1. The number of carbonyl (C=O) groups is 2. The van der Waals surface area contributed by atoms with Crippen molar-refractivity contribution in [3.8, 4) is 0 Å². The van der Waals surface area contributed by atoms with Gasteiger partial charge in [-0.2, -0.15) is 0 Å². The highest BCUT2D eigenvalue weighted by atomic mass is 16.6. The van der Waals surface area contributed by atoms with Gasteiger partial charge in [0, 0.05) is 37.1 Å². The maximum atomic E-state index is 13.5. The summed E-state index contributed by atoms with van der Waals surface area (Å²) in [5.41, 5.74) is 4.07. The lowest BCUT2D eigenvalue weighted by molar-refractivity contribution is -0.0389. The van der Waals surface area contributed by atoms with Gasteiger partial charge < -0.3 is 9.64 Å². The second kappa shape index (κ2) is 7.22. The van der Waals surface area contributed by atoms with Crippen molar-refractivity contribution in [1.29, 1.82) is 0 Å². The zero-order valence-corrected chi connectivity index (χ0v) is 19.5. The van der Waals surface area contributed by atoms with Crippen LogP contribution in [0.2, 0.25) is 0 Å². The Bertz CT molecular complexity index is 999. The number of fused-ring (bicyclic) bond motifs is 2. The molecule has 2 heterocycles. The van der Waals surface area contributed by atoms with Gasteiger partial charge in [0.1, 0.15) is 5.60 Å². The van der Waals surface area contributed by atoms with E-state index in [9.17, 15) is 9.59 Å². The molecule has 2 aromatic carbocycles. The Morgan fingerprint density at radius 2 is 1.45 bits per heavy atom. The van der Waals surface area contributed by atoms with Crippen LogP contribution in [-0.4, -0.2) is 29.9 Å². The third-order valence-electron chi connectivity index (χ3n) is 6.70. The predicted molar refractivity (Wildman–Crippen MR) is 123 cm³/mol. The zero-order valence-electron chi connectivity index (χ0n) is 19.5. The summed E-state index contributed by atoms with van der Waals surface area (Å²) in [7, 11) is 0. The van der Waals surface area contributed by atoms with Crippen molar-refractivity contribution in [3.63, 3.8) is 0 Å². The fraction of sp³-hybridized carbons (Fsp3) is 0.481. The minimum absolute atomic E-state index is 0.0377. The maximum absolute atomic E-state index is 13.5. The lowest BCUT2D eigenvalue weighted by Crippen LogP contribution is -2.45. The smallest absolute Gasteiger partial charge is 0.339 e. The first kappa shape index (κ1) is 21.6. The average Bonchev–Trinajstić information content (AvgIpc) is 2.98. The van der Waals surface area contributed by atoms with Crippen LogP contribution in [0.5, 0.6) is 0 Å². The molecule has 0 atom stereocenters. The monoisotopic (exact) mass is 419 g/mol. The molecule has 164 valence electrons. The third kappa shape index (κ3) is 3.88. The molecule has 0 N–H and O–H groups in total. The van der Waals surface area contributed by atoms with Gasteiger partial charge in [0.15, 0.2) is 0 Å². The number of hydrogen-bond donors (Lipinski definition) is 0. The number of likely N-dealkylation sites (tertiary alicyclic amines) is 1. The lowest BCUT2D eigenvalue weighted by Gasteiger charge is -2.38. The summed E-state index contributed by atoms with van der Waals surface area (Å²) < 4.78 is 5.84. The molecule has 2 aliphatic rings. The largest absolute Gasteiger partial charge is 0.450 e. The van der Waals surface area contributed by atoms with Gasteiger partial charge in [0.25, 0.3) is 5.91 Å². The van der Waals surface area contributed by atoms with E-state index in [0.29, 0.717) is 31.5 Å². The van der Waals surface area contributed by atoms with Crippen molar-refractivity contribution in [2.45, 2.75) is 70.8 Å². The molecule has 4 heteroatoms. The minimum Gasteiger partial charge on any atom is -0.450 e. The fourth-order valence-corrected chi connectivity index (χ4v) is 4.59. The molecule has 0 saturated carbocycles. The molecule has 1 amide bonds. The summed E-state index contributed by atoms with van der Waals surface area (Å²) >= 11 is 0. The normalized spacial score (nSPS) is 18.1. The number of rotatable bonds is 1. The molecule has 1 saturated heterocycles. The summed E-state index contributed by atoms with van der Waals surface area (Å²) in [6, 6.07) is 14.0. The molecule has 4 rings (SSSR count). The summed E-state index contributed by atoms with van der Waals surface area (Å²) in [6.45, 7) is 14.2. The SMILES string of the molecule is CC(C)(C)c1cc(C(=O)N2CCC3(CC2)OC(=O)c2ccccc23)cc(C(C)(C)C)c1. The number of carbonyl (C=O) groups excluding carboxylic acids is 2. The molecule has 2 aliphatic heterocycles. The molecule has 0 aliphatic carbocycles. The van der Waals surface area contributed by atoms with Crippen LogP contribution in [0.15, 0.2) is 42.5 Å². The quantitative estimate of drug-likeness (QED) is 0.567. The Hall–Kier alpha value is -2.62. The number of ether oxygens (including phenoxy) is 1. The highest BCUT2D eigenvalue weighted by Gasteiger charge is 2.47. The number of hydrogen-bond acceptors (Lipinski definition) is 3. The Labute approximate surface area is 185 Å². The van der Waals surface area contributed by atoms with Gasteiger partial charge in [-0.15, -0.1) is 0 Å². The molecule has 1 fully saturated rings. The molecular formula is C27H33NO3. The van der Waals surface area contributed by atoms with E-state index in [1.54, 1.807) is 0 Å². The van der Waals surface area contributed by atoms with E-state index >= 15 is 0 Å². The fourth-order valence-electron chi connectivity index (χ4n) is 4.59. The van der Waals surface area contributed by atoms with Gasteiger partial charge in [-0.25, -0.2) is 4.79 Å². The van der Waals surface area contributed by atoms with Crippen LogP contribution < -0.4 is 0 Å². The summed E-state index contributed by atoms with van der Waals surface area (Å²) in [4.78, 5) is 27.7. The molecule has 31 heavy (non-hydrogen) atoms. The first-order chi connectivity index (χ1) is 14.4. The van der Waals surface area contributed by atoms with Gasteiger partial charge in [-0.1, -0.05) is 65.8 Å². The van der Waals surface area contributed by atoms with E-state index in [0.717, 1.165) is 11.1 Å². The van der Waals surface area contributed by atoms with Crippen LogP contribution in [0, 0.1) is 0 Å². The lowest BCUT2D eigenvalue weighted by atomic mass is 9.79. The standard InChI is InChI=1S/C27H33NO3/c1-25(2,3)19-15-18(16-20(17-19)26(4,5)6)23(29)28-13-11-27(12-14-28)22-10-8-7-9-21(22)24(30)31-27/h7-10,15-17H,11-14H2,1-6H3. The van der Waals surface area contributed by atoms with E-state index in [1.165, 1.54) is 11.1 Å². The Morgan fingerprint density at radius 3 is 2.00 bits per heavy atom. The minimum atomic E-state index is -0.589. The molecule has 2 aromatic rings. The van der Waals surface area contributed by atoms with Crippen molar-refractivity contribution < 1.29 is 14.3 Å². The van der Waals surface area contributed by atoms with Crippen LogP contribution in [-0.2, 0) is 21.2 Å². The van der Waals surface area contributed by atoms with Crippen molar-refractivity contribution in [2.24, 2.45) is 0 Å². The topological polar surface area (TPSA) is 46.6 Å². The summed E-state index contributed by atoms with van der Waals surface area (Å²) in [5, 5.41) is 0. The van der Waals surface area contributed by atoms with Gasteiger partial charge >= 0.3 is 5.97 Å². The Morgan fingerprint density at radius 1 is 0.903 bits per heavy atom. The first-order valence-electron chi connectivity index (χ1n) is 11.2. The molecule has 0 unspecified atom stereocenters. The van der Waals surface area contributed by atoms with Gasteiger partial charge in [-0.05, 0) is 40.2 Å². The van der Waals surface area contributed by atoms with Crippen LogP contribution in [0.25, 0.3) is 0 Å². The number of esters is 1. The molecular weight excluding hydrogens is 386 g/mol. The van der Waals surface area contributed by atoms with E-state index < -0.39 is 5.60 Å². The van der Waals surface area contributed by atoms with Crippen molar-refractivity contribution >= 4 is 11.9 Å². The summed E-state index contributed by atoms with van der Waals surface area (Å²) in [5.74, 6) is -0.188. The second-order valence-corrected chi connectivity index (χ2v) is 11.0. The van der Waals surface area contributed by atoms with Crippen molar-refractivity contribution in [2.75, 3.05) is 13.1 Å². The van der Waals surface area contributed by atoms with Crippen LogP contribution >= 0.6 is 0 Å². The van der Waals surface area contributed by atoms with E-state index in [2.05, 4.69) is 47.6 Å². The summed E-state index contributed by atoms with van der Waals surface area (Å²) in [6.07, 6.45) is 1.26. The van der Waals surface area contributed by atoms with Crippen molar-refractivity contribution in [1.82, 2.24) is 4.90 Å². The highest BCUT2D eigenvalue weighted by molar-refractivity contribution is 5.96. The second-order valence-electron chi connectivity index (χ2n) is 11.0. The number of piperidine rings is 1. The molecule has 4 nitrogen and oxygen atoms in total. The van der Waals surface area contributed by atoms with Crippen LogP contribution in [0.1, 0.15) is 91.8 Å². The van der Waals surface area contributed by atoms with Gasteiger partial charge in [0.2, 0.25) is 0 Å². The van der Waals surface area contributed by atoms with Crippen LogP contribution in [0.3, 0.4) is 0 Å². The van der Waals surface area contributed by atoms with E-state index in [4.69, 9.17) is 4.74 Å². The third-order valence-corrected chi connectivity index (χ3v) is 6.70. The number of nitrogens with zero attached hydrogens (tertiary/aromatic N) is 1. The van der Waals surface area contributed by atoms with Gasteiger partial charge in [0.05, 0.1) is 5.56 Å². The van der Waals surface area contributed by atoms with E-state index in [-0.39, 0.29) is 22.7 Å². The first-order valence-corrected chi connectivity index (χ1v) is 11.2. The molecule has 0 aromatic heterocycles. The van der Waals surface area contributed by atoms with E-state index in [1.807, 2.05) is 41.3 Å². The maximum Gasteiger partial charge on any atom is 0.339 e. The molecule has 0 radical (unpaired) electrons. The van der Waals surface area contributed by atoms with Crippen LogP contribution in [0.4, 0.5) is 0 Å².